The Balaban J connectivity index is 1.86. The van der Waals surface area contributed by atoms with Gasteiger partial charge in [0.1, 0.15) is 5.84 Å². The van der Waals surface area contributed by atoms with Crippen LogP contribution in [0.15, 0.2) is 35.3 Å². The molecule has 0 spiro atoms. The Morgan fingerprint density at radius 2 is 1.87 bits per heavy atom. The smallest absolute Gasteiger partial charge is 0.316 e. The molecule has 0 radical (unpaired) electrons. The van der Waals surface area contributed by atoms with Crippen LogP contribution in [-0.2, 0) is 9.59 Å². The Morgan fingerprint density at radius 1 is 1.20 bits per heavy atom. The molecule has 3 rings (SSSR count). The van der Waals surface area contributed by atoms with Crippen LogP contribution in [0.5, 0.6) is 0 Å². The number of benzene rings is 1. The van der Waals surface area contributed by atoms with E-state index in [2.05, 4.69) is 4.99 Å². The quantitative estimate of drug-likeness (QED) is 0.706. The molecule has 1 fully saturated rings. The zero-order valence-corrected chi connectivity index (χ0v) is 17.2. The Labute approximate surface area is 174 Å². The van der Waals surface area contributed by atoms with Crippen LogP contribution in [-0.4, -0.2) is 40.9 Å². The number of nitrogens with zero attached hydrogens (tertiary/aromatic N) is 2. The van der Waals surface area contributed by atoms with E-state index in [4.69, 9.17) is 0 Å². The molecule has 1 unspecified atom stereocenters. The molecule has 1 atom stereocenters. The summed E-state index contributed by atoms with van der Waals surface area (Å²) in [7, 11) is 0. The zero-order chi connectivity index (χ0) is 21.8. The van der Waals surface area contributed by atoms with E-state index in [-0.39, 0.29) is 18.8 Å². The van der Waals surface area contributed by atoms with E-state index >= 15 is 0 Å². The lowest BCUT2D eigenvalue weighted by Gasteiger charge is -2.29. The van der Waals surface area contributed by atoms with Gasteiger partial charge < -0.3 is 5.32 Å². The van der Waals surface area contributed by atoms with Crippen LogP contribution in [0.2, 0.25) is 0 Å². The van der Waals surface area contributed by atoms with Gasteiger partial charge in [0, 0.05) is 18.5 Å². The van der Waals surface area contributed by atoms with Gasteiger partial charge in [-0.3, -0.25) is 14.5 Å². The van der Waals surface area contributed by atoms with Crippen molar-refractivity contribution in [1.82, 2.24) is 10.2 Å². The number of nitrogens with one attached hydrogen (secondary N) is 1. The minimum Gasteiger partial charge on any atom is -0.316 e. The Bertz CT molecular complexity index is 789. The second kappa shape index (κ2) is 9.18. The third-order valence-electron chi connectivity index (χ3n) is 5.80. The number of aliphatic imine (C=N–C) groups is 1. The number of halogens is 3. The van der Waals surface area contributed by atoms with Crippen molar-refractivity contribution in [2.24, 2.45) is 10.9 Å². The molecule has 1 aromatic carbocycles. The van der Waals surface area contributed by atoms with E-state index in [1.807, 2.05) is 5.32 Å². The van der Waals surface area contributed by atoms with Crippen molar-refractivity contribution in [1.29, 1.82) is 0 Å². The third kappa shape index (κ3) is 4.52. The summed E-state index contributed by atoms with van der Waals surface area (Å²) in [4.78, 5) is 30.3. The first-order chi connectivity index (χ1) is 14.3. The molecular weight excluding hydrogens is 395 g/mol. The van der Waals surface area contributed by atoms with Crippen molar-refractivity contribution in [3.8, 4) is 0 Å². The molecule has 1 heterocycles. The molecule has 164 valence electrons. The van der Waals surface area contributed by atoms with E-state index in [9.17, 15) is 22.8 Å². The van der Waals surface area contributed by atoms with Crippen molar-refractivity contribution < 1.29 is 22.8 Å². The fourth-order valence-corrected chi connectivity index (χ4v) is 4.21. The number of amides is 2. The van der Waals surface area contributed by atoms with Gasteiger partial charge in [0.05, 0.1) is 0 Å². The largest absolute Gasteiger partial charge is 0.442 e. The number of rotatable bonds is 7. The average molecular weight is 423 g/mol. The second-order valence-electron chi connectivity index (χ2n) is 8.06. The predicted molar refractivity (Wildman–Crippen MR) is 108 cm³/mol. The molecule has 2 amide bonds. The molecule has 8 heteroatoms. The molecule has 1 saturated carbocycles. The van der Waals surface area contributed by atoms with Crippen LogP contribution in [0.25, 0.3) is 0 Å². The van der Waals surface area contributed by atoms with Crippen LogP contribution in [0, 0.1) is 5.92 Å². The molecule has 0 saturated heterocycles. The molecule has 0 bridgehead atoms. The summed E-state index contributed by atoms with van der Waals surface area (Å²) in [5, 5.41) is 1.97. The molecule has 1 aliphatic carbocycles. The van der Waals surface area contributed by atoms with Gasteiger partial charge in [0.15, 0.2) is 0 Å². The highest BCUT2D eigenvalue weighted by Crippen LogP contribution is 2.38. The number of alkyl halides is 3. The lowest BCUT2D eigenvalue weighted by Crippen LogP contribution is -2.63. The minimum absolute atomic E-state index is 0.0419. The molecule has 30 heavy (non-hydrogen) atoms. The second-order valence-corrected chi connectivity index (χ2v) is 8.06. The monoisotopic (exact) mass is 423 g/mol. The molecule has 1 aliphatic heterocycles. The number of carbonyl (C=O) groups is 2. The van der Waals surface area contributed by atoms with Crippen molar-refractivity contribution in [3.63, 3.8) is 0 Å². The van der Waals surface area contributed by atoms with Gasteiger partial charge in [0.2, 0.25) is 5.91 Å². The van der Waals surface area contributed by atoms with Crippen molar-refractivity contribution in [3.05, 3.63) is 35.9 Å². The van der Waals surface area contributed by atoms with Crippen LogP contribution in [0.1, 0.15) is 63.9 Å². The summed E-state index contributed by atoms with van der Waals surface area (Å²) in [6, 6.07) is 8.28. The summed E-state index contributed by atoms with van der Waals surface area (Å²) in [6.45, 7) is 1.86. The standard InChI is InChI=1S/C22H28F3N3O2/c1-2-15-28-19(17-11-7-4-8-12-17)27-21(20(28)30,22(23,24)25)26-18(29)14-13-16-9-5-3-6-10-16/h4,7-8,11-12,16H,2-3,5-6,9-10,13-15H2,1H3,(H,26,29). The Hall–Kier alpha value is -2.38. The summed E-state index contributed by atoms with van der Waals surface area (Å²) in [5.74, 6) is -1.75. The van der Waals surface area contributed by atoms with Gasteiger partial charge in [-0.1, -0.05) is 69.4 Å². The molecule has 1 aromatic rings. The predicted octanol–water partition coefficient (Wildman–Crippen LogP) is 4.42. The number of hydrogen-bond acceptors (Lipinski definition) is 3. The van der Waals surface area contributed by atoms with Gasteiger partial charge in [-0.25, -0.2) is 4.99 Å². The fraction of sp³-hybridized carbons (Fsp3) is 0.591. The van der Waals surface area contributed by atoms with Gasteiger partial charge in [-0.15, -0.1) is 0 Å². The average Bonchev–Trinajstić information content (AvgIpc) is 3.01. The number of hydrogen-bond donors (Lipinski definition) is 1. The fourth-order valence-electron chi connectivity index (χ4n) is 4.21. The Kier molecular flexibility index (Phi) is 6.83. The molecule has 0 aromatic heterocycles. The maximum atomic E-state index is 14.2. The zero-order valence-electron chi connectivity index (χ0n) is 17.2. The highest BCUT2D eigenvalue weighted by atomic mass is 19.4. The third-order valence-corrected chi connectivity index (χ3v) is 5.80. The normalized spacial score (nSPS) is 22.9. The molecular formula is C22H28F3N3O2. The summed E-state index contributed by atoms with van der Waals surface area (Å²) >= 11 is 0. The van der Waals surface area contributed by atoms with Gasteiger partial charge in [0.25, 0.3) is 5.91 Å². The highest BCUT2D eigenvalue weighted by molar-refractivity contribution is 6.16. The Morgan fingerprint density at radius 3 is 2.47 bits per heavy atom. The number of amidine groups is 1. The van der Waals surface area contributed by atoms with Crippen LogP contribution < -0.4 is 5.32 Å². The molecule has 1 N–H and O–H groups in total. The van der Waals surface area contributed by atoms with E-state index in [0.29, 0.717) is 24.3 Å². The van der Waals surface area contributed by atoms with Gasteiger partial charge in [-0.2, -0.15) is 13.2 Å². The maximum absolute atomic E-state index is 14.2. The minimum atomic E-state index is -5.05. The highest BCUT2D eigenvalue weighted by Gasteiger charge is 2.67. The summed E-state index contributed by atoms with van der Waals surface area (Å²) < 4.78 is 42.5. The van der Waals surface area contributed by atoms with E-state index in [0.717, 1.165) is 30.6 Å². The summed E-state index contributed by atoms with van der Waals surface area (Å²) in [6.07, 6.45) is 1.24. The summed E-state index contributed by atoms with van der Waals surface area (Å²) in [5.41, 5.74) is -2.86. The SMILES string of the molecule is CCCN1C(=O)C(NC(=O)CCC2CCCCC2)(C(F)(F)F)N=C1c1ccccc1. The lowest BCUT2D eigenvalue weighted by atomic mass is 9.86. The van der Waals surface area contributed by atoms with Crippen molar-refractivity contribution in [2.45, 2.75) is 70.1 Å². The molecule has 5 nitrogen and oxygen atoms in total. The topological polar surface area (TPSA) is 61.8 Å². The van der Waals surface area contributed by atoms with Gasteiger partial charge in [-0.05, 0) is 18.8 Å². The first-order valence-electron chi connectivity index (χ1n) is 10.6. The number of carbonyl (C=O) groups excluding carboxylic acids is 2. The van der Waals surface area contributed by atoms with Crippen molar-refractivity contribution in [2.75, 3.05) is 6.54 Å². The van der Waals surface area contributed by atoms with Crippen LogP contribution >= 0.6 is 0 Å². The lowest BCUT2D eigenvalue weighted by molar-refractivity contribution is -0.200. The van der Waals surface area contributed by atoms with E-state index in [1.54, 1.807) is 37.3 Å². The van der Waals surface area contributed by atoms with Crippen molar-refractivity contribution >= 4 is 17.6 Å². The first-order valence-corrected chi connectivity index (χ1v) is 10.6. The van der Waals surface area contributed by atoms with E-state index in [1.165, 1.54) is 6.42 Å². The van der Waals surface area contributed by atoms with Crippen LogP contribution in [0.4, 0.5) is 13.2 Å². The first kappa shape index (κ1) is 22.3. The maximum Gasteiger partial charge on any atom is 0.442 e. The van der Waals surface area contributed by atoms with E-state index < -0.39 is 23.7 Å². The van der Waals surface area contributed by atoms with Crippen LogP contribution in [0.3, 0.4) is 0 Å². The van der Waals surface area contributed by atoms with Gasteiger partial charge >= 0.3 is 11.8 Å². The molecule has 2 aliphatic rings.